The Kier molecular flexibility index (Phi) is 5.74. The fourth-order valence-electron chi connectivity index (χ4n) is 1.74. The largest absolute Gasteiger partial charge is 0.494 e. The summed E-state index contributed by atoms with van der Waals surface area (Å²) in [6, 6.07) is 14.0. The van der Waals surface area contributed by atoms with Gasteiger partial charge in [0.1, 0.15) is 5.75 Å². The van der Waals surface area contributed by atoms with Crippen molar-refractivity contribution in [1.82, 2.24) is 0 Å². The molecule has 0 bridgehead atoms. The molecular weight excluding hydrogens is 338 g/mol. The molecule has 0 radical (unpaired) electrons. The lowest BCUT2D eigenvalue weighted by Crippen LogP contribution is -2.00. The SMILES string of the molecule is CCCOc1ccc(NCc2ccc(Br)c(Cl)c2)cc1. The number of nitrogens with one attached hydrogen (secondary N) is 1. The fourth-order valence-corrected chi connectivity index (χ4v) is 2.19. The third-order valence-corrected chi connectivity index (χ3v) is 4.04. The van der Waals surface area contributed by atoms with Crippen LogP contribution in [0.3, 0.4) is 0 Å². The van der Waals surface area contributed by atoms with Gasteiger partial charge in [-0.1, -0.05) is 24.6 Å². The summed E-state index contributed by atoms with van der Waals surface area (Å²) in [6.07, 6.45) is 1.02. The van der Waals surface area contributed by atoms with Gasteiger partial charge in [0.05, 0.1) is 11.6 Å². The first-order chi connectivity index (χ1) is 9.69. The normalized spacial score (nSPS) is 10.3. The number of ether oxygens (including phenoxy) is 1. The van der Waals surface area contributed by atoms with Crippen molar-refractivity contribution in [3.05, 3.63) is 57.5 Å². The lowest BCUT2D eigenvalue weighted by molar-refractivity contribution is 0.317. The van der Waals surface area contributed by atoms with Crippen molar-refractivity contribution < 1.29 is 4.74 Å². The van der Waals surface area contributed by atoms with Crippen LogP contribution in [-0.4, -0.2) is 6.61 Å². The van der Waals surface area contributed by atoms with Crippen LogP contribution < -0.4 is 10.1 Å². The van der Waals surface area contributed by atoms with Gasteiger partial charge in [-0.2, -0.15) is 0 Å². The molecule has 0 heterocycles. The van der Waals surface area contributed by atoms with E-state index in [1.807, 2.05) is 42.5 Å². The van der Waals surface area contributed by atoms with Gasteiger partial charge in [0.15, 0.2) is 0 Å². The zero-order chi connectivity index (χ0) is 14.4. The Balaban J connectivity index is 1.91. The Morgan fingerprint density at radius 2 is 1.90 bits per heavy atom. The molecule has 0 aromatic heterocycles. The van der Waals surface area contributed by atoms with Gasteiger partial charge < -0.3 is 10.1 Å². The first kappa shape index (κ1) is 15.2. The van der Waals surface area contributed by atoms with Crippen LogP contribution in [0.1, 0.15) is 18.9 Å². The minimum Gasteiger partial charge on any atom is -0.494 e. The minimum absolute atomic E-state index is 0.729. The van der Waals surface area contributed by atoms with Crippen LogP contribution in [-0.2, 0) is 6.54 Å². The van der Waals surface area contributed by atoms with Crippen LogP contribution in [0, 0.1) is 0 Å². The summed E-state index contributed by atoms with van der Waals surface area (Å²) in [5, 5.41) is 4.09. The van der Waals surface area contributed by atoms with E-state index in [1.54, 1.807) is 0 Å². The molecule has 0 saturated heterocycles. The number of halogens is 2. The van der Waals surface area contributed by atoms with Crippen molar-refractivity contribution in [3.63, 3.8) is 0 Å². The van der Waals surface area contributed by atoms with Gasteiger partial charge in [0, 0.05) is 16.7 Å². The van der Waals surface area contributed by atoms with E-state index in [-0.39, 0.29) is 0 Å². The van der Waals surface area contributed by atoms with Gasteiger partial charge in [0.25, 0.3) is 0 Å². The maximum atomic E-state index is 6.07. The zero-order valence-corrected chi connectivity index (χ0v) is 13.7. The molecule has 0 aliphatic rings. The molecule has 0 aliphatic heterocycles. The highest BCUT2D eigenvalue weighted by molar-refractivity contribution is 9.10. The second-order valence-electron chi connectivity index (χ2n) is 4.47. The lowest BCUT2D eigenvalue weighted by Gasteiger charge is -2.09. The fraction of sp³-hybridized carbons (Fsp3) is 0.250. The van der Waals surface area contributed by atoms with E-state index in [0.29, 0.717) is 0 Å². The quantitative estimate of drug-likeness (QED) is 0.739. The third-order valence-electron chi connectivity index (χ3n) is 2.81. The smallest absolute Gasteiger partial charge is 0.119 e. The number of hydrogen-bond donors (Lipinski definition) is 1. The summed E-state index contributed by atoms with van der Waals surface area (Å²) < 4.78 is 6.47. The molecule has 2 rings (SSSR count). The topological polar surface area (TPSA) is 21.3 Å². The summed E-state index contributed by atoms with van der Waals surface area (Å²) in [5.74, 6) is 0.907. The Bertz CT molecular complexity index is 557. The Hall–Kier alpha value is -1.19. The van der Waals surface area contributed by atoms with Gasteiger partial charge in [-0.25, -0.2) is 0 Å². The Morgan fingerprint density at radius 3 is 2.55 bits per heavy atom. The lowest BCUT2D eigenvalue weighted by atomic mass is 10.2. The van der Waals surface area contributed by atoms with E-state index in [0.717, 1.165) is 46.1 Å². The molecule has 0 atom stereocenters. The molecule has 0 fully saturated rings. The monoisotopic (exact) mass is 353 g/mol. The van der Waals surface area contributed by atoms with E-state index in [4.69, 9.17) is 16.3 Å². The average molecular weight is 355 g/mol. The molecule has 1 N–H and O–H groups in total. The predicted octanol–water partition coefficient (Wildman–Crippen LogP) is 5.50. The summed E-state index contributed by atoms with van der Waals surface area (Å²) >= 11 is 9.46. The van der Waals surface area contributed by atoms with E-state index in [1.165, 1.54) is 0 Å². The minimum atomic E-state index is 0.729. The second-order valence-corrected chi connectivity index (χ2v) is 5.74. The molecule has 0 amide bonds. The van der Waals surface area contributed by atoms with Crippen LogP contribution in [0.5, 0.6) is 5.75 Å². The molecule has 4 heteroatoms. The van der Waals surface area contributed by atoms with Gasteiger partial charge in [-0.05, 0) is 64.3 Å². The van der Waals surface area contributed by atoms with Gasteiger partial charge in [0.2, 0.25) is 0 Å². The van der Waals surface area contributed by atoms with Crippen LogP contribution in [0.4, 0.5) is 5.69 Å². The van der Waals surface area contributed by atoms with Crippen LogP contribution >= 0.6 is 27.5 Å². The van der Waals surface area contributed by atoms with Gasteiger partial charge >= 0.3 is 0 Å². The molecule has 2 aromatic carbocycles. The standard InChI is InChI=1S/C16H17BrClNO/c1-2-9-20-14-6-4-13(5-7-14)19-11-12-3-8-15(17)16(18)10-12/h3-8,10,19H,2,9,11H2,1H3. The third kappa shape index (κ3) is 4.43. The first-order valence-corrected chi connectivity index (χ1v) is 7.77. The summed E-state index contributed by atoms with van der Waals surface area (Å²) in [4.78, 5) is 0. The van der Waals surface area contributed by atoms with Crippen molar-refractivity contribution >= 4 is 33.2 Å². The zero-order valence-electron chi connectivity index (χ0n) is 11.3. The van der Waals surface area contributed by atoms with Gasteiger partial charge in [-0.15, -0.1) is 0 Å². The second kappa shape index (κ2) is 7.55. The summed E-state index contributed by atoms with van der Waals surface area (Å²) in [5.41, 5.74) is 2.21. The summed E-state index contributed by atoms with van der Waals surface area (Å²) in [7, 11) is 0. The molecular formula is C16H17BrClNO. The number of benzene rings is 2. The average Bonchev–Trinajstić information content (AvgIpc) is 2.47. The highest BCUT2D eigenvalue weighted by Gasteiger charge is 2.00. The predicted molar refractivity (Wildman–Crippen MR) is 88.7 cm³/mol. The molecule has 20 heavy (non-hydrogen) atoms. The molecule has 0 aliphatic carbocycles. The van der Waals surface area contributed by atoms with E-state index in [9.17, 15) is 0 Å². The number of rotatable bonds is 6. The van der Waals surface area contributed by atoms with E-state index in [2.05, 4.69) is 28.2 Å². The van der Waals surface area contributed by atoms with E-state index >= 15 is 0 Å². The van der Waals surface area contributed by atoms with Crippen LogP contribution in [0.2, 0.25) is 5.02 Å². The Labute approximate surface area is 133 Å². The van der Waals surface area contributed by atoms with Crippen molar-refractivity contribution in [2.24, 2.45) is 0 Å². The van der Waals surface area contributed by atoms with Crippen molar-refractivity contribution in [2.45, 2.75) is 19.9 Å². The summed E-state index contributed by atoms with van der Waals surface area (Å²) in [6.45, 7) is 3.59. The maximum Gasteiger partial charge on any atom is 0.119 e. The number of hydrogen-bond acceptors (Lipinski definition) is 2. The highest BCUT2D eigenvalue weighted by atomic mass is 79.9. The van der Waals surface area contributed by atoms with Crippen molar-refractivity contribution in [1.29, 1.82) is 0 Å². The molecule has 0 unspecified atom stereocenters. The molecule has 2 aromatic rings. The maximum absolute atomic E-state index is 6.07. The molecule has 0 saturated carbocycles. The molecule has 0 spiro atoms. The highest BCUT2D eigenvalue weighted by Crippen LogP contribution is 2.24. The van der Waals surface area contributed by atoms with Gasteiger partial charge in [-0.3, -0.25) is 0 Å². The van der Waals surface area contributed by atoms with Crippen molar-refractivity contribution in [3.8, 4) is 5.75 Å². The van der Waals surface area contributed by atoms with Crippen molar-refractivity contribution in [2.75, 3.05) is 11.9 Å². The molecule has 2 nitrogen and oxygen atoms in total. The number of anilines is 1. The first-order valence-electron chi connectivity index (χ1n) is 6.59. The van der Waals surface area contributed by atoms with E-state index < -0.39 is 0 Å². The Morgan fingerprint density at radius 1 is 1.15 bits per heavy atom. The van der Waals surface area contributed by atoms with Crippen LogP contribution in [0.15, 0.2) is 46.9 Å². The molecule has 106 valence electrons. The van der Waals surface area contributed by atoms with Crippen LogP contribution in [0.25, 0.3) is 0 Å².